The second-order valence-corrected chi connectivity index (χ2v) is 4.75. The quantitative estimate of drug-likeness (QED) is 0.831. The van der Waals surface area contributed by atoms with Crippen molar-refractivity contribution < 1.29 is 4.74 Å². The first kappa shape index (κ1) is 12.5. The van der Waals surface area contributed by atoms with Crippen LogP contribution in [0.3, 0.4) is 0 Å². The van der Waals surface area contributed by atoms with E-state index in [1.807, 2.05) is 6.07 Å². The third kappa shape index (κ3) is 4.67. The Balaban J connectivity index is 2.37. The van der Waals surface area contributed by atoms with Crippen molar-refractivity contribution in [2.75, 3.05) is 13.2 Å². The normalized spacial score (nSPS) is 10.7. The number of nitrogens with one attached hydrogen (secondary N) is 1. The van der Waals surface area contributed by atoms with Gasteiger partial charge in [-0.1, -0.05) is 19.9 Å². The molecule has 2 nitrogen and oxygen atoms in total. The van der Waals surface area contributed by atoms with E-state index in [2.05, 4.69) is 54.2 Å². The first-order valence-electron chi connectivity index (χ1n) is 5.22. The van der Waals surface area contributed by atoms with E-state index in [4.69, 9.17) is 4.74 Å². The monoisotopic (exact) mass is 271 g/mol. The summed E-state index contributed by atoms with van der Waals surface area (Å²) in [5.41, 5.74) is 1.23. The molecule has 0 aliphatic rings. The molecule has 84 valence electrons. The molecule has 0 spiro atoms. The number of benzene rings is 1. The maximum atomic E-state index is 5.63. The van der Waals surface area contributed by atoms with E-state index < -0.39 is 0 Å². The molecule has 0 bridgehead atoms. The lowest BCUT2D eigenvalue weighted by atomic mass is 10.2. The van der Waals surface area contributed by atoms with Gasteiger partial charge in [0.1, 0.15) is 12.4 Å². The fourth-order valence-corrected chi connectivity index (χ4v) is 1.84. The van der Waals surface area contributed by atoms with Crippen molar-refractivity contribution in [1.82, 2.24) is 5.32 Å². The summed E-state index contributed by atoms with van der Waals surface area (Å²) in [5.74, 6) is 0.908. The molecule has 0 amide bonds. The molecule has 0 atom stereocenters. The Morgan fingerprint density at radius 1 is 1.40 bits per heavy atom. The smallest absolute Gasteiger partial charge is 0.133 e. The highest BCUT2D eigenvalue weighted by molar-refractivity contribution is 9.10. The molecule has 1 aromatic rings. The highest BCUT2D eigenvalue weighted by Crippen LogP contribution is 2.25. The van der Waals surface area contributed by atoms with Crippen LogP contribution in [0.2, 0.25) is 0 Å². The van der Waals surface area contributed by atoms with Crippen LogP contribution in [0.25, 0.3) is 0 Å². The first-order chi connectivity index (χ1) is 7.09. The molecule has 0 saturated carbocycles. The Bertz CT molecular complexity index is 312. The van der Waals surface area contributed by atoms with Gasteiger partial charge in [-0.05, 0) is 40.5 Å². The molecule has 15 heavy (non-hydrogen) atoms. The van der Waals surface area contributed by atoms with Crippen LogP contribution in [0.15, 0.2) is 22.7 Å². The lowest BCUT2D eigenvalue weighted by molar-refractivity contribution is 0.307. The molecule has 0 fully saturated rings. The maximum Gasteiger partial charge on any atom is 0.133 e. The van der Waals surface area contributed by atoms with Gasteiger partial charge in [0, 0.05) is 12.6 Å². The predicted molar refractivity (Wildman–Crippen MR) is 67.5 cm³/mol. The number of aryl methyl sites for hydroxylation is 1. The lowest BCUT2D eigenvalue weighted by Crippen LogP contribution is -2.27. The van der Waals surface area contributed by atoms with Crippen LogP contribution in [0.4, 0.5) is 0 Å². The fourth-order valence-electron chi connectivity index (χ4n) is 1.23. The Kier molecular flexibility index (Phi) is 5.12. The van der Waals surface area contributed by atoms with Gasteiger partial charge >= 0.3 is 0 Å². The van der Waals surface area contributed by atoms with Crippen LogP contribution in [0.5, 0.6) is 5.75 Å². The predicted octanol–water partition coefficient (Wildman–Crippen LogP) is 3.13. The molecule has 0 saturated heterocycles. The molecule has 0 heterocycles. The molecule has 1 rings (SSSR count). The molecule has 3 heteroatoms. The van der Waals surface area contributed by atoms with E-state index in [1.54, 1.807) is 0 Å². The second kappa shape index (κ2) is 6.13. The minimum Gasteiger partial charge on any atom is -0.491 e. The van der Waals surface area contributed by atoms with Gasteiger partial charge < -0.3 is 10.1 Å². The minimum absolute atomic E-state index is 0.509. The summed E-state index contributed by atoms with van der Waals surface area (Å²) >= 11 is 3.48. The summed E-state index contributed by atoms with van der Waals surface area (Å²) < 4.78 is 6.65. The van der Waals surface area contributed by atoms with Crippen LogP contribution in [0, 0.1) is 6.92 Å². The molecular weight excluding hydrogens is 254 g/mol. The number of rotatable bonds is 5. The number of hydrogen-bond acceptors (Lipinski definition) is 2. The van der Waals surface area contributed by atoms with Gasteiger partial charge in [-0.2, -0.15) is 0 Å². The Labute approximate surface area is 100 Å². The van der Waals surface area contributed by atoms with Gasteiger partial charge in [0.2, 0.25) is 0 Å². The summed E-state index contributed by atoms with van der Waals surface area (Å²) in [5, 5.41) is 3.31. The van der Waals surface area contributed by atoms with Crippen LogP contribution in [0.1, 0.15) is 19.4 Å². The average molecular weight is 272 g/mol. The van der Waals surface area contributed by atoms with Crippen LogP contribution in [-0.2, 0) is 0 Å². The van der Waals surface area contributed by atoms with Gasteiger partial charge in [-0.15, -0.1) is 0 Å². The molecule has 0 aliphatic heterocycles. The van der Waals surface area contributed by atoms with E-state index >= 15 is 0 Å². The standard InChI is InChI=1S/C12H18BrNO/c1-9(2)14-6-7-15-12-5-4-10(3)8-11(12)13/h4-5,8-9,14H,6-7H2,1-3H3. The van der Waals surface area contributed by atoms with E-state index in [-0.39, 0.29) is 0 Å². The molecule has 1 N–H and O–H groups in total. The van der Waals surface area contributed by atoms with E-state index in [0.29, 0.717) is 12.6 Å². The van der Waals surface area contributed by atoms with Gasteiger partial charge in [-0.3, -0.25) is 0 Å². The molecule has 0 radical (unpaired) electrons. The molecule has 0 aliphatic carbocycles. The Morgan fingerprint density at radius 2 is 2.13 bits per heavy atom. The van der Waals surface area contributed by atoms with Gasteiger partial charge in [0.05, 0.1) is 4.47 Å². The fraction of sp³-hybridized carbons (Fsp3) is 0.500. The third-order valence-corrected chi connectivity index (χ3v) is 2.62. The van der Waals surface area contributed by atoms with Crippen molar-refractivity contribution in [3.63, 3.8) is 0 Å². The summed E-state index contributed by atoms with van der Waals surface area (Å²) in [6, 6.07) is 6.62. The Hall–Kier alpha value is -0.540. The summed E-state index contributed by atoms with van der Waals surface area (Å²) in [4.78, 5) is 0. The lowest BCUT2D eigenvalue weighted by Gasteiger charge is -2.11. The highest BCUT2D eigenvalue weighted by Gasteiger charge is 2.00. The number of ether oxygens (including phenoxy) is 1. The van der Waals surface area contributed by atoms with Crippen molar-refractivity contribution >= 4 is 15.9 Å². The summed E-state index contributed by atoms with van der Waals surface area (Å²) in [6.45, 7) is 7.89. The van der Waals surface area contributed by atoms with Gasteiger partial charge in [-0.25, -0.2) is 0 Å². The van der Waals surface area contributed by atoms with Crippen LogP contribution in [-0.4, -0.2) is 19.2 Å². The summed E-state index contributed by atoms with van der Waals surface area (Å²) in [6.07, 6.45) is 0. The van der Waals surface area contributed by atoms with Gasteiger partial charge in [0.15, 0.2) is 0 Å². The SMILES string of the molecule is Cc1ccc(OCCNC(C)C)c(Br)c1. The van der Waals surface area contributed by atoms with E-state index in [9.17, 15) is 0 Å². The van der Waals surface area contributed by atoms with Crippen molar-refractivity contribution in [2.24, 2.45) is 0 Å². The number of halogens is 1. The zero-order valence-corrected chi connectivity index (χ0v) is 11.1. The van der Waals surface area contributed by atoms with E-state index in [1.165, 1.54) is 5.56 Å². The molecule has 1 aromatic carbocycles. The highest BCUT2D eigenvalue weighted by atomic mass is 79.9. The molecule has 0 aromatic heterocycles. The number of hydrogen-bond donors (Lipinski definition) is 1. The third-order valence-electron chi connectivity index (χ3n) is 2.00. The van der Waals surface area contributed by atoms with Crippen molar-refractivity contribution in [3.8, 4) is 5.75 Å². The Morgan fingerprint density at radius 3 is 2.73 bits per heavy atom. The zero-order valence-electron chi connectivity index (χ0n) is 9.51. The first-order valence-corrected chi connectivity index (χ1v) is 6.01. The second-order valence-electron chi connectivity index (χ2n) is 3.89. The van der Waals surface area contributed by atoms with Crippen molar-refractivity contribution in [1.29, 1.82) is 0 Å². The van der Waals surface area contributed by atoms with Crippen molar-refractivity contribution in [3.05, 3.63) is 28.2 Å². The van der Waals surface area contributed by atoms with E-state index in [0.717, 1.165) is 16.8 Å². The van der Waals surface area contributed by atoms with Crippen molar-refractivity contribution in [2.45, 2.75) is 26.8 Å². The summed E-state index contributed by atoms with van der Waals surface area (Å²) in [7, 11) is 0. The van der Waals surface area contributed by atoms with Crippen LogP contribution >= 0.6 is 15.9 Å². The minimum atomic E-state index is 0.509. The molecular formula is C12H18BrNO. The topological polar surface area (TPSA) is 21.3 Å². The average Bonchev–Trinajstić information content (AvgIpc) is 2.14. The molecule has 0 unspecified atom stereocenters. The maximum absolute atomic E-state index is 5.63. The largest absolute Gasteiger partial charge is 0.491 e. The van der Waals surface area contributed by atoms with Crippen LogP contribution < -0.4 is 10.1 Å². The van der Waals surface area contributed by atoms with Gasteiger partial charge in [0.25, 0.3) is 0 Å². The zero-order chi connectivity index (χ0) is 11.3.